The first kappa shape index (κ1) is 17.5. The van der Waals surface area contributed by atoms with E-state index in [0.29, 0.717) is 24.3 Å². The molecule has 0 radical (unpaired) electrons. The van der Waals surface area contributed by atoms with Crippen molar-refractivity contribution in [2.24, 2.45) is 11.0 Å². The highest BCUT2D eigenvalue weighted by Gasteiger charge is 2.25. The van der Waals surface area contributed by atoms with E-state index >= 15 is 0 Å². The predicted octanol–water partition coefficient (Wildman–Crippen LogP) is 1.09. The van der Waals surface area contributed by atoms with Crippen LogP contribution in [0.15, 0.2) is 29.4 Å². The summed E-state index contributed by atoms with van der Waals surface area (Å²) in [5, 5.41) is 7.02. The normalized spacial score (nSPS) is 23.8. The third-order valence-electron chi connectivity index (χ3n) is 4.25. The molecule has 0 aromatic heterocycles. The molecule has 1 aromatic rings. The van der Waals surface area contributed by atoms with Crippen molar-refractivity contribution in [1.29, 1.82) is 0 Å². The van der Waals surface area contributed by atoms with Crippen molar-refractivity contribution in [3.63, 3.8) is 0 Å². The van der Waals surface area contributed by atoms with Crippen LogP contribution in [0, 0.1) is 5.92 Å². The summed E-state index contributed by atoms with van der Waals surface area (Å²) in [6, 6.07) is 7.42. The number of rotatable bonds is 4. The number of nitrogens with one attached hydrogen (secondary N) is 2. The van der Waals surface area contributed by atoms with Gasteiger partial charge in [0.25, 0.3) is 0 Å². The number of thioether (sulfide) groups is 1. The summed E-state index contributed by atoms with van der Waals surface area (Å²) >= 11 is 1.65. The maximum absolute atomic E-state index is 11.8. The molecule has 0 bridgehead atoms. The number of anilines is 1. The lowest BCUT2D eigenvalue weighted by Gasteiger charge is -2.28. The second-order valence-electron chi connectivity index (χ2n) is 6.10. The molecule has 0 spiro atoms. The van der Waals surface area contributed by atoms with E-state index in [1.54, 1.807) is 11.8 Å². The fourth-order valence-electron chi connectivity index (χ4n) is 2.93. The van der Waals surface area contributed by atoms with Gasteiger partial charge >= 0.3 is 0 Å². The molecule has 2 unspecified atom stereocenters. The first-order valence-electron chi connectivity index (χ1n) is 8.16. The summed E-state index contributed by atoms with van der Waals surface area (Å²) in [5.41, 5.74) is 4.94. The zero-order valence-corrected chi connectivity index (χ0v) is 14.7. The fraction of sp³-hybridized carbons (Fsp3) is 0.412. The quantitative estimate of drug-likeness (QED) is 0.787. The summed E-state index contributed by atoms with van der Waals surface area (Å²) in [6.45, 7) is 1.96. The molecule has 132 valence electrons. The summed E-state index contributed by atoms with van der Waals surface area (Å²) in [6.07, 6.45) is 1.27. The summed E-state index contributed by atoms with van der Waals surface area (Å²) in [4.78, 5) is 36.2. The predicted molar refractivity (Wildman–Crippen MR) is 97.3 cm³/mol. The number of hydrazone groups is 1. The van der Waals surface area contributed by atoms with Crippen molar-refractivity contribution in [2.45, 2.75) is 25.9 Å². The minimum absolute atomic E-state index is 0.0410. The van der Waals surface area contributed by atoms with Crippen LogP contribution < -0.4 is 15.6 Å². The molecule has 3 amide bonds. The van der Waals surface area contributed by atoms with Gasteiger partial charge in [0.05, 0.1) is 5.71 Å². The van der Waals surface area contributed by atoms with Crippen LogP contribution in [0.4, 0.5) is 5.69 Å². The summed E-state index contributed by atoms with van der Waals surface area (Å²) < 4.78 is 0. The number of amides is 3. The van der Waals surface area contributed by atoms with E-state index in [1.807, 2.05) is 31.2 Å². The van der Waals surface area contributed by atoms with E-state index in [-0.39, 0.29) is 23.9 Å². The van der Waals surface area contributed by atoms with Crippen LogP contribution in [0.5, 0.6) is 0 Å². The Hall–Kier alpha value is -2.35. The summed E-state index contributed by atoms with van der Waals surface area (Å²) in [7, 11) is 0. The van der Waals surface area contributed by atoms with Crippen LogP contribution in [0.2, 0.25) is 0 Å². The van der Waals surface area contributed by atoms with Crippen LogP contribution >= 0.6 is 11.8 Å². The molecule has 3 rings (SSSR count). The van der Waals surface area contributed by atoms with Crippen LogP contribution in [0.1, 0.15) is 25.3 Å². The highest BCUT2D eigenvalue weighted by atomic mass is 32.2. The first-order chi connectivity index (χ1) is 12.1. The molecule has 2 N–H and O–H groups in total. The monoisotopic (exact) mass is 360 g/mol. The van der Waals surface area contributed by atoms with Gasteiger partial charge in [0, 0.05) is 36.0 Å². The van der Waals surface area contributed by atoms with Gasteiger partial charge in [-0.05, 0) is 17.7 Å². The number of nitrogens with zero attached hydrogens (tertiary/aromatic N) is 2. The standard InChI is InChI=1S/C17H20N4O3S/c1-11-8-16(24)19-20-17(11)12-2-4-13(5-3-12)21(10-22)14-9-25-7-6-15(23)18-14/h2-5,10-11,14H,6-9H2,1H3,(H,18,23)(H,19,24). The van der Waals surface area contributed by atoms with Gasteiger partial charge < -0.3 is 5.32 Å². The molecule has 7 nitrogen and oxygen atoms in total. The Morgan fingerprint density at radius 3 is 2.68 bits per heavy atom. The third kappa shape index (κ3) is 4.01. The van der Waals surface area contributed by atoms with Gasteiger partial charge in [-0.2, -0.15) is 16.9 Å². The SMILES string of the molecule is CC1CC(=O)NN=C1c1ccc(N(C=O)C2CSCCC(=O)N2)cc1. The number of hydrogen-bond donors (Lipinski definition) is 2. The molecule has 1 saturated heterocycles. The van der Waals surface area contributed by atoms with Gasteiger partial charge in [0.15, 0.2) is 0 Å². The van der Waals surface area contributed by atoms with E-state index in [4.69, 9.17) is 0 Å². The van der Waals surface area contributed by atoms with Crippen molar-refractivity contribution in [3.05, 3.63) is 29.8 Å². The number of benzene rings is 1. The van der Waals surface area contributed by atoms with Crippen molar-refractivity contribution < 1.29 is 14.4 Å². The maximum Gasteiger partial charge on any atom is 0.240 e. The zero-order chi connectivity index (χ0) is 17.8. The molecule has 2 aliphatic rings. The van der Waals surface area contributed by atoms with Gasteiger partial charge in [-0.3, -0.25) is 19.3 Å². The van der Waals surface area contributed by atoms with Crippen LogP contribution in [-0.2, 0) is 14.4 Å². The van der Waals surface area contributed by atoms with Gasteiger partial charge in [0.2, 0.25) is 18.2 Å². The van der Waals surface area contributed by atoms with Crippen molar-refractivity contribution >= 4 is 41.4 Å². The Morgan fingerprint density at radius 2 is 2.00 bits per heavy atom. The smallest absolute Gasteiger partial charge is 0.240 e. The lowest BCUT2D eigenvalue weighted by molar-refractivity contribution is -0.122. The molecule has 8 heteroatoms. The van der Waals surface area contributed by atoms with Gasteiger partial charge in [-0.15, -0.1) is 0 Å². The summed E-state index contributed by atoms with van der Waals surface area (Å²) in [5.74, 6) is 1.33. The molecule has 25 heavy (non-hydrogen) atoms. The number of hydrogen-bond acceptors (Lipinski definition) is 5. The van der Waals surface area contributed by atoms with E-state index < -0.39 is 0 Å². The molecule has 0 saturated carbocycles. The molecule has 2 atom stereocenters. The van der Waals surface area contributed by atoms with Gasteiger partial charge in [-0.1, -0.05) is 19.1 Å². The van der Waals surface area contributed by atoms with E-state index in [0.717, 1.165) is 23.4 Å². The zero-order valence-electron chi connectivity index (χ0n) is 13.9. The topological polar surface area (TPSA) is 90.9 Å². The van der Waals surface area contributed by atoms with Gasteiger partial charge in [0.1, 0.15) is 6.17 Å². The molecular weight excluding hydrogens is 340 g/mol. The Balaban J connectivity index is 1.79. The van der Waals surface area contributed by atoms with E-state index in [1.165, 1.54) is 4.90 Å². The first-order valence-corrected chi connectivity index (χ1v) is 9.31. The van der Waals surface area contributed by atoms with Crippen molar-refractivity contribution in [2.75, 3.05) is 16.4 Å². The van der Waals surface area contributed by atoms with Crippen LogP contribution in [0.3, 0.4) is 0 Å². The molecule has 1 fully saturated rings. The second kappa shape index (κ2) is 7.69. The minimum atomic E-state index is -0.353. The molecule has 0 aliphatic carbocycles. The maximum atomic E-state index is 11.8. The highest BCUT2D eigenvalue weighted by molar-refractivity contribution is 7.99. The lowest BCUT2D eigenvalue weighted by Crippen LogP contribution is -2.48. The number of carbonyl (C=O) groups excluding carboxylic acids is 3. The number of carbonyl (C=O) groups is 3. The molecule has 2 heterocycles. The fourth-order valence-corrected chi connectivity index (χ4v) is 3.89. The van der Waals surface area contributed by atoms with E-state index in [9.17, 15) is 14.4 Å². The third-order valence-corrected chi connectivity index (χ3v) is 5.29. The average Bonchev–Trinajstić information content (AvgIpc) is 2.81. The Labute approximate surface area is 150 Å². The molecular formula is C17H20N4O3S. The van der Waals surface area contributed by atoms with Crippen LogP contribution in [-0.4, -0.2) is 41.6 Å². The minimum Gasteiger partial charge on any atom is -0.335 e. The largest absolute Gasteiger partial charge is 0.335 e. The van der Waals surface area contributed by atoms with Crippen molar-refractivity contribution in [1.82, 2.24) is 10.7 Å². The average molecular weight is 360 g/mol. The van der Waals surface area contributed by atoms with Crippen LogP contribution in [0.25, 0.3) is 0 Å². The Bertz CT molecular complexity index is 704. The van der Waals surface area contributed by atoms with Crippen molar-refractivity contribution in [3.8, 4) is 0 Å². The molecule has 2 aliphatic heterocycles. The van der Waals surface area contributed by atoms with E-state index in [2.05, 4.69) is 15.8 Å². The Morgan fingerprint density at radius 1 is 1.24 bits per heavy atom. The molecule has 1 aromatic carbocycles. The van der Waals surface area contributed by atoms with Gasteiger partial charge in [-0.25, -0.2) is 5.43 Å². The highest BCUT2D eigenvalue weighted by Crippen LogP contribution is 2.22. The Kier molecular flexibility index (Phi) is 5.37. The second-order valence-corrected chi connectivity index (χ2v) is 7.25. The lowest BCUT2D eigenvalue weighted by atomic mass is 9.94.